The van der Waals surface area contributed by atoms with Crippen LogP contribution in [0.4, 0.5) is 0 Å². The maximum atomic E-state index is 5.43. The number of guanidine groups is 1. The predicted molar refractivity (Wildman–Crippen MR) is 121 cm³/mol. The Hall–Kier alpha value is -1.09. The normalized spacial score (nSPS) is 24.1. The number of hydrogen-bond acceptors (Lipinski definition) is 4. The Morgan fingerprint density at radius 2 is 2.22 bits per heavy atom. The zero-order chi connectivity index (χ0) is 17.9. The van der Waals surface area contributed by atoms with E-state index in [1.54, 1.807) is 17.6 Å². The zero-order valence-electron chi connectivity index (χ0n) is 16.0. The molecule has 0 saturated heterocycles. The van der Waals surface area contributed by atoms with Crippen LogP contribution in [0.5, 0.6) is 0 Å². The molecule has 7 heteroatoms. The van der Waals surface area contributed by atoms with Crippen LogP contribution >= 0.6 is 35.3 Å². The molecule has 3 atom stereocenters. The fourth-order valence-corrected chi connectivity index (χ4v) is 5.12. The van der Waals surface area contributed by atoms with Crippen LogP contribution in [0.3, 0.4) is 0 Å². The molecule has 4 rings (SSSR count). The highest BCUT2D eigenvalue weighted by Crippen LogP contribution is 2.44. The van der Waals surface area contributed by atoms with Crippen LogP contribution < -0.4 is 10.6 Å². The van der Waals surface area contributed by atoms with Gasteiger partial charge < -0.3 is 15.1 Å². The van der Waals surface area contributed by atoms with Crippen molar-refractivity contribution in [2.75, 3.05) is 6.54 Å². The number of aromatic nitrogens is 1. The SMILES string of the molecule is Cc1nc(CN=C(NCCc2ccco2)NC2CC3CCC2C3)sc1C.I. The molecule has 2 aromatic rings. The molecule has 2 heterocycles. The third-order valence-corrected chi connectivity index (χ3v) is 6.81. The molecular formula is C20H29IN4OS. The molecule has 0 amide bonds. The van der Waals surface area contributed by atoms with E-state index in [-0.39, 0.29) is 24.0 Å². The Morgan fingerprint density at radius 3 is 2.85 bits per heavy atom. The monoisotopic (exact) mass is 500 g/mol. The average molecular weight is 500 g/mol. The number of fused-ring (bicyclic) bond motifs is 2. The first-order valence-electron chi connectivity index (χ1n) is 9.67. The van der Waals surface area contributed by atoms with Gasteiger partial charge in [0.2, 0.25) is 0 Å². The number of hydrogen-bond donors (Lipinski definition) is 2. The summed E-state index contributed by atoms with van der Waals surface area (Å²) in [6.07, 6.45) is 8.05. The summed E-state index contributed by atoms with van der Waals surface area (Å²) in [7, 11) is 0. The third kappa shape index (κ3) is 5.25. The van der Waals surface area contributed by atoms with E-state index in [1.165, 1.54) is 30.6 Å². The van der Waals surface area contributed by atoms with Gasteiger partial charge in [-0.1, -0.05) is 6.42 Å². The minimum Gasteiger partial charge on any atom is -0.469 e. The lowest BCUT2D eigenvalue weighted by atomic mass is 9.95. The molecule has 2 bridgehead atoms. The Kier molecular flexibility index (Phi) is 7.19. The van der Waals surface area contributed by atoms with E-state index in [9.17, 15) is 0 Å². The van der Waals surface area contributed by atoms with Crippen molar-refractivity contribution < 1.29 is 4.42 Å². The number of furan rings is 1. The number of aliphatic imine (C=N–C) groups is 1. The highest BCUT2D eigenvalue weighted by atomic mass is 127. The van der Waals surface area contributed by atoms with Crippen molar-refractivity contribution in [2.24, 2.45) is 16.8 Å². The van der Waals surface area contributed by atoms with Gasteiger partial charge in [-0.25, -0.2) is 9.98 Å². The fourth-order valence-electron chi connectivity index (χ4n) is 4.26. The molecule has 0 radical (unpaired) electrons. The van der Waals surface area contributed by atoms with Crippen molar-refractivity contribution in [1.29, 1.82) is 0 Å². The second kappa shape index (κ2) is 9.41. The van der Waals surface area contributed by atoms with Gasteiger partial charge in [0, 0.05) is 23.9 Å². The molecule has 0 spiro atoms. The Morgan fingerprint density at radius 1 is 1.33 bits per heavy atom. The summed E-state index contributed by atoms with van der Waals surface area (Å²) in [6, 6.07) is 4.52. The molecule has 0 aromatic carbocycles. The van der Waals surface area contributed by atoms with E-state index < -0.39 is 0 Å². The first-order chi connectivity index (χ1) is 12.7. The van der Waals surface area contributed by atoms with Gasteiger partial charge in [0.25, 0.3) is 0 Å². The van der Waals surface area contributed by atoms with Crippen LogP contribution in [0.25, 0.3) is 0 Å². The summed E-state index contributed by atoms with van der Waals surface area (Å²) in [6.45, 7) is 5.64. The van der Waals surface area contributed by atoms with Gasteiger partial charge >= 0.3 is 0 Å². The molecule has 27 heavy (non-hydrogen) atoms. The molecule has 0 aliphatic heterocycles. The van der Waals surface area contributed by atoms with Gasteiger partial charge in [-0.05, 0) is 57.1 Å². The lowest BCUT2D eigenvalue weighted by Crippen LogP contribution is -2.46. The van der Waals surface area contributed by atoms with Crippen LogP contribution in [0, 0.1) is 25.7 Å². The van der Waals surface area contributed by atoms with Gasteiger partial charge in [-0.3, -0.25) is 0 Å². The smallest absolute Gasteiger partial charge is 0.191 e. The van der Waals surface area contributed by atoms with E-state index in [0.29, 0.717) is 12.6 Å². The van der Waals surface area contributed by atoms with E-state index in [2.05, 4.69) is 29.5 Å². The first-order valence-corrected chi connectivity index (χ1v) is 10.5. The topological polar surface area (TPSA) is 62.5 Å². The summed E-state index contributed by atoms with van der Waals surface area (Å²) < 4.78 is 5.43. The highest BCUT2D eigenvalue weighted by molar-refractivity contribution is 14.0. The zero-order valence-corrected chi connectivity index (χ0v) is 19.2. The van der Waals surface area contributed by atoms with E-state index in [1.807, 2.05) is 12.1 Å². The van der Waals surface area contributed by atoms with Gasteiger partial charge in [0.05, 0.1) is 18.5 Å². The summed E-state index contributed by atoms with van der Waals surface area (Å²) in [5.41, 5.74) is 1.12. The molecule has 2 saturated carbocycles. The highest BCUT2D eigenvalue weighted by Gasteiger charge is 2.39. The standard InChI is InChI=1S/C20H28N4OS.HI/c1-13-14(2)26-19(23-13)12-22-20(21-8-7-17-4-3-9-25-17)24-18-11-15-5-6-16(18)10-15;/h3-4,9,15-16,18H,5-8,10-12H2,1-2H3,(H2,21,22,24);1H. The van der Waals surface area contributed by atoms with E-state index >= 15 is 0 Å². The molecule has 2 aliphatic rings. The molecule has 2 aliphatic carbocycles. The lowest BCUT2D eigenvalue weighted by molar-refractivity contribution is 0.387. The third-order valence-electron chi connectivity index (χ3n) is 5.75. The minimum atomic E-state index is 0. The number of thiazole rings is 1. The molecule has 148 valence electrons. The summed E-state index contributed by atoms with van der Waals surface area (Å²) in [5, 5.41) is 8.28. The number of nitrogens with one attached hydrogen (secondary N) is 2. The van der Waals surface area contributed by atoms with Crippen LogP contribution in [0.15, 0.2) is 27.8 Å². The van der Waals surface area contributed by atoms with Crippen molar-refractivity contribution in [3.63, 3.8) is 0 Å². The van der Waals surface area contributed by atoms with Crippen LogP contribution in [0.1, 0.15) is 47.0 Å². The van der Waals surface area contributed by atoms with Crippen molar-refractivity contribution in [2.45, 2.75) is 58.5 Å². The number of rotatable bonds is 6. The van der Waals surface area contributed by atoms with Gasteiger partial charge in [0.15, 0.2) is 5.96 Å². The summed E-state index contributed by atoms with van der Waals surface area (Å²) in [4.78, 5) is 10.7. The van der Waals surface area contributed by atoms with Gasteiger partial charge in [-0.2, -0.15) is 0 Å². The quantitative estimate of drug-likeness (QED) is 0.350. The van der Waals surface area contributed by atoms with Crippen LogP contribution in [-0.2, 0) is 13.0 Å². The molecule has 2 fully saturated rings. The Bertz CT molecular complexity index is 739. The maximum absolute atomic E-state index is 5.43. The Balaban J connectivity index is 0.00000210. The summed E-state index contributed by atoms with van der Waals surface area (Å²) in [5.74, 6) is 3.66. The number of halogens is 1. The van der Waals surface area contributed by atoms with Crippen LogP contribution in [-0.4, -0.2) is 23.5 Å². The van der Waals surface area contributed by atoms with Crippen molar-refractivity contribution in [3.05, 3.63) is 39.7 Å². The molecule has 2 N–H and O–H groups in total. The first kappa shape index (κ1) is 20.6. The largest absolute Gasteiger partial charge is 0.469 e. The number of nitrogens with zero attached hydrogens (tertiary/aromatic N) is 2. The average Bonchev–Trinajstić information content (AvgIpc) is 3.39. The molecule has 5 nitrogen and oxygen atoms in total. The van der Waals surface area contributed by atoms with Crippen LogP contribution in [0.2, 0.25) is 0 Å². The lowest BCUT2D eigenvalue weighted by Gasteiger charge is -2.25. The molecule has 3 unspecified atom stereocenters. The van der Waals surface area contributed by atoms with Crippen molar-refractivity contribution in [1.82, 2.24) is 15.6 Å². The minimum absolute atomic E-state index is 0. The second-order valence-electron chi connectivity index (χ2n) is 7.60. The fraction of sp³-hybridized carbons (Fsp3) is 0.600. The van der Waals surface area contributed by atoms with Gasteiger partial charge in [-0.15, -0.1) is 35.3 Å². The summed E-state index contributed by atoms with van der Waals surface area (Å²) >= 11 is 1.74. The van der Waals surface area contributed by atoms with Crippen molar-refractivity contribution in [3.8, 4) is 0 Å². The number of aryl methyl sites for hydroxylation is 2. The predicted octanol–water partition coefficient (Wildman–Crippen LogP) is 4.44. The second-order valence-corrected chi connectivity index (χ2v) is 8.88. The molecular weight excluding hydrogens is 471 g/mol. The van der Waals surface area contributed by atoms with Gasteiger partial charge in [0.1, 0.15) is 10.8 Å². The van der Waals surface area contributed by atoms with E-state index in [0.717, 1.165) is 47.2 Å². The van der Waals surface area contributed by atoms with E-state index in [4.69, 9.17) is 9.41 Å². The van der Waals surface area contributed by atoms with Crippen molar-refractivity contribution >= 4 is 41.3 Å². The maximum Gasteiger partial charge on any atom is 0.191 e. The molecule has 2 aromatic heterocycles. The Labute approximate surface area is 182 Å².